The van der Waals surface area contributed by atoms with E-state index in [1.807, 2.05) is 31.2 Å². The third kappa shape index (κ3) is 3.76. The van der Waals surface area contributed by atoms with E-state index in [4.69, 9.17) is 4.74 Å². The van der Waals surface area contributed by atoms with Gasteiger partial charge in [-0.2, -0.15) is 4.31 Å². The summed E-state index contributed by atoms with van der Waals surface area (Å²) in [5.74, 6) is 0.361. The third-order valence-electron chi connectivity index (χ3n) is 4.18. The quantitative estimate of drug-likeness (QED) is 0.850. The van der Waals surface area contributed by atoms with Gasteiger partial charge in [-0.15, -0.1) is 0 Å². The van der Waals surface area contributed by atoms with Gasteiger partial charge in [0.1, 0.15) is 17.7 Å². The predicted molar refractivity (Wildman–Crippen MR) is 90.0 cm³/mol. The molecule has 128 valence electrons. The van der Waals surface area contributed by atoms with Crippen LogP contribution in [0.15, 0.2) is 53.4 Å². The van der Waals surface area contributed by atoms with Crippen molar-refractivity contribution in [3.05, 3.63) is 59.9 Å². The van der Waals surface area contributed by atoms with E-state index < -0.39 is 15.8 Å². The number of hydrogen-bond acceptors (Lipinski definition) is 3. The molecular formula is C18H20FNO3S. The highest BCUT2D eigenvalue weighted by Gasteiger charge is 2.30. The summed E-state index contributed by atoms with van der Waals surface area (Å²) >= 11 is 0. The summed E-state index contributed by atoms with van der Waals surface area (Å²) in [7, 11) is -3.57. The zero-order valence-corrected chi connectivity index (χ0v) is 14.3. The van der Waals surface area contributed by atoms with E-state index in [1.165, 1.54) is 34.1 Å². The summed E-state index contributed by atoms with van der Waals surface area (Å²) in [6.07, 6.45) is 1.27. The molecule has 4 nitrogen and oxygen atoms in total. The molecule has 24 heavy (non-hydrogen) atoms. The zero-order chi connectivity index (χ0) is 17.2. The van der Waals surface area contributed by atoms with Crippen LogP contribution in [-0.2, 0) is 10.0 Å². The van der Waals surface area contributed by atoms with Crippen molar-refractivity contribution in [2.24, 2.45) is 0 Å². The van der Waals surface area contributed by atoms with Crippen molar-refractivity contribution in [2.75, 3.05) is 13.1 Å². The Morgan fingerprint density at radius 3 is 2.17 bits per heavy atom. The number of hydrogen-bond donors (Lipinski definition) is 0. The van der Waals surface area contributed by atoms with Crippen molar-refractivity contribution in [3.8, 4) is 5.75 Å². The second-order valence-corrected chi connectivity index (χ2v) is 7.93. The molecule has 0 aromatic heterocycles. The summed E-state index contributed by atoms with van der Waals surface area (Å²) in [5, 5.41) is 0. The Labute approximate surface area is 141 Å². The Morgan fingerprint density at radius 2 is 1.58 bits per heavy atom. The second-order valence-electron chi connectivity index (χ2n) is 5.99. The minimum absolute atomic E-state index is 0.00683. The van der Waals surface area contributed by atoms with Crippen LogP contribution in [0.4, 0.5) is 4.39 Å². The summed E-state index contributed by atoms with van der Waals surface area (Å²) in [5.41, 5.74) is 1.17. The molecule has 0 N–H and O–H groups in total. The van der Waals surface area contributed by atoms with E-state index in [2.05, 4.69) is 0 Å². The highest BCUT2D eigenvalue weighted by atomic mass is 32.2. The minimum atomic E-state index is -3.57. The van der Waals surface area contributed by atoms with Crippen molar-refractivity contribution >= 4 is 10.0 Å². The summed E-state index contributed by atoms with van der Waals surface area (Å²) in [6.45, 7) is 2.81. The van der Waals surface area contributed by atoms with Crippen molar-refractivity contribution in [1.29, 1.82) is 0 Å². The van der Waals surface area contributed by atoms with Crippen LogP contribution in [0.3, 0.4) is 0 Å². The van der Waals surface area contributed by atoms with Crippen LogP contribution in [0, 0.1) is 12.7 Å². The molecular weight excluding hydrogens is 329 g/mol. The lowest BCUT2D eigenvalue weighted by molar-refractivity contribution is 0.135. The number of aryl methyl sites for hydroxylation is 1. The second kappa shape index (κ2) is 6.91. The Morgan fingerprint density at radius 1 is 1.00 bits per heavy atom. The van der Waals surface area contributed by atoms with Gasteiger partial charge in [-0.05, 0) is 56.2 Å². The molecule has 0 atom stereocenters. The SMILES string of the molecule is Cc1ccc(OC2CCN(S(=O)(=O)c3ccc(F)cc3)CC2)cc1. The molecule has 3 rings (SSSR count). The van der Waals surface area contributed by atoms with Crippen molar-refractivity contribution in [3.63, 3.8) is 0 Å². The lowest BCUT2D eigenvalue weighted by Gasteiger charge is -2.31. The first-order valence-corrected chi connectivity index (χ1v) is 9.38. The van der Waals surface area contributed by atoms with Crippen LogP contribution in [0.25, 0.3) is 0 Å². The average molecular weight is 349 g/mol. The average Bonchev–Trinajstić information content (AvgIpc) is 2.58. The minimum Gasteiger partial charge on any atom is -0.490 e. The molecule has 0 aliphatic carbocycles. The maximum Gasteiger partial charge on any atom is 0.243 e. The van der Waals surface area contributed by atoms with E-state index in [-0.39, 0.29) is 11.0 Å². The normalized spacial score (nSPS) is 16.9. The van der Waals surface area contributed by atoms with Gasteiger partial charge in [0.2, 0.25) is 10.0 Å². The standard InChI is InChI=1S/C18H20FNO3S/c1-14-2-6-16(7-3-14)23-17-10-12-20(13-11-17)24(21,22)18-8-4-15(19)5-9-18/h2-9,17H,10-13H2,1H3. The molecule has 1 aliphatic rings. The van der Waals surface area contributed by atoms with E-state index in [1.54, 1.807) is 0 Å². The molecule has 1 aliphatic heterocycles. The highest BCUT2D eigenvalue weighted by Crippen LogP contribution is 2.24. The van der Waals surface area contributed by atoms with Crippen LogP contribution in [0.2, 0.25) is 0 Å². The third-order valence-corrected chi connectivity index (χ3v) is 6.09. The van der Waals surface area contributed by atoms with Gasteiger partial charge in [0.25, 0.3) is 0 Å². The van der Waals surface area contributed by atoms with Crippen molar-refractivity contribution in [1.82, 2.24) is 4.31 Å². The van der Waals surface area contributed by atoms with Crippen molar-refractivity contribution < 1.29 is 17.5 Å². The van der Waals surface area contributed by atoms with Gasteiger partial charge in [0, 0.05) is 13.1 Å². The molecule has 0 saturated carbocycles. The zero-order valence-electron chi connectivity index (χ0n) is 13.5. The van der Waals surface area contributed by atoms with E-state index in [9.17, 15) is 12.8 Å². The first-order chi connectivity index (χ1) is 11.4. The first kappa shape index (κ1) is 16.9. The number of benzene rings is 2. The molecule has 0 amide bonds. The fourth-order valence-corrected chi connectivity index (χ4v) is 4.22. The molecule has 1 saturated heterocycles. The summed E-state index contributed by atoms with van der Waals surface area (Å²) in [6, 6.07) is 12.8. The molecule has 2 aromatic rings. The first-order valence-electron chi connectivity index (χ1n) is 7.94. The number of rotatable bonds is 4. The van der Waals surface area contributed by atoms with Gasteiger partial charge in [-0.25, -0.2) is 12.8 Å². The van der Waals surface area contributed by atoms with Crippen LogP contribution in [-0.4, -0.2) is 31.9 Å². The summed E-state index contributed by atoms with van der Waals surface area (Å²) in [4.78, 5) is 0.127. The summed E-state index contributed by atoms with van der Waals surface area (Å²) < 4.78 is 45.5. The van der Waals surface area contributed by atoms with Gasteiger partial charge >= 0.3 is 0 Å². The lowest BCUT2D eigenvalue weighted by atomic mass is 10.1. The number of ether oxygens (including phenoxy) is 1. The molecule has 6 heteroatoms. The Hall–Kier alpha value is -1.92. The van der Waals surface area contributed by atoms with Gasteiger partial charge in [0.15, 0.2) is 0 Å². The van der Waals surface area contributed by atoms with Crippen LogP contribution in [0.5, 0.6) is 5.75 Å². The number of sulfonamides is 1. The van der Waals surface area contributed by atoms with E-state index in [0.29, 0.717) is 25.9 Å². The lowest BCUT2D eigenvalue weighted by Crippen LogP contribution is -2.41. The van der Waals surface area contributed by atoms with Gasteiger partial charge in [0.05, 0.1) is 4.90 Å². The van der Waals surface area contributed by atoms with E-state index >= 15 is 0 Å². The number of halogens is 1. The maximum absolute atomic E-state index is 13.0. The monoisotopic (exact) mass is 349 g/mol. The predicted octanol–water partition coefficient (Wildman–Crippen LogP) is 3.37. The van der Waals surface area contributed by atoms with Gasteiger partial charge in [-0.3, -0.25) is 0 Å². The van der Waals surface area contributed by atoms with Crippen LogP contribution < -0.4 is 4.74 Å². The van der Waals surface area contributed by atoms with Gasteiger partial charge < -0.3 is 4.74 Å². The molecule has 1 fully saturated rings. The Kier molecular flexibility index (Phi) is 4.87. The number of piperidine rings is 1. The molecule has 0 radical (unpaired) electrons. The topological polar surface area (TPSA) is 46.6 Å². The highest BCUT2D eigenvalue weighted by molar-refractivity contribution is 7.89. The molecule has 0 spiro atoms. The smallest absolute Gasteiger partial charge is 0.243 e. The molecule has 1 heterocycles. The fourth-order valence-electron chi connectivity index (χ4n) is 2.76. The van der Waals surface area contributed by atoms with Crippen LogP contribution in [0.1, 0.15) is 18.4 Å². The Balaban J connectivity index is 1.62. The van der Waals surface area contributed by atoms with E-state index in [0.717, 1.165) is 5.75 Å². The van der Waals surface area contributed by atoms with Crippen molar-refractivity contribution in [2.45, 2.75) is 30.8 Å². The Bertz CT molecular complexity index is 780. The number of nitrogens with zero attached hydrogens (tertiary/aromatic N) is 1. The molecule has 0 unspecified atom stereocenters. The fraction of sp³-hybridized carbons (Fsp3) is 0.333. The molecule has 0 bridgehead atoms. The maximum atomic E-state index is 13.0. The largest absolute Gasteiger partial charge is 0.490 e. The van der Waals surface area contributed by atoms with Gasteiger partial charge in [-0.1, -0.05) is 17.7 Å². The van der Waals surface area contributed by atoms with Crippen LogP contribution >= 0.6 is 0 Å². The molecule has 2 aromatic carbocycles.